The van der Waals surface area contributed by atoms with Gasteiger partial charge in [-0.1, -0.05) is 0 Å². The van der Waals surface area contributed by atoms with E-state index in [1.54, 1.807) is 6.92 Å². The molecule has 0 aliphatic carbocycles. The fourth-order valence-electron chi connectivity index (χ4n) is 1.88. The van der Waals surface area contributed by atoms with Crippen molar-refractivity contribution in [1.29, 1.82) is 0 Å². The first-order chi connectivity index (χ1) is 6.82. The first-order valence-corrected chi connectivity index (χ1v) is 5.24. The summed E-state index contributed by atoms with van der Waals surface area (Å²) < 4.78 is 26.2. The van der Waals surface area contributed by atoms with Gasteiger partial charge in [-0.25, -0.2) is 8.78 Å². The van der Waals surface area contributed by atoms with Crippen LogP contribution in [-0.4, -0.2) is 35.9 Å². The number of nitrogens with two attached hydrogens (primary N) is 1. The average Bonchev–Trinajstić information content (AvgIpc) is 2.15. The molecule has 0 bridgehead atoms. The van der Waals surface area contributed by atoms with Crippen LogP contribution in [0.5, 0.6) is 0 Å². The molecule has 2 atom stereocenters. The molecular formula is C10H18F2N2O. The summed E-state index contributed by atoms with van der Waals surface area (Å²) in [6.45, 7) is 3.17. The molecule has 0 radical (unpaired) electrons. The topological polar surface area (TPSA) is 46.3 Å². The van der Waals surface area contributed by atoms with Gasteiger partial charge in [-0.15, -0.1) is 0 Å². The lowest BCUT2D eigenvalue weighted by molar-refractivity contribution is -0.138. The summed E-state index contributed by atoms with van der Waals surface area (Å²) in [7, 11) is 0. The lowest BCUT2D eigenvalue weighted by atomic mass is 9.92. The van der Waals surface area contributed by atoms with Gasteiger partial charge in [0.2, 0.25) is 11.8 Å². The fourth-order valence-corrected chi connectivity index (χ4v) is 1.88. The zero-order valence-corrected chi connectivity index (χ0v) is 9.17. The molecular weight excluding hydrogens is 202 g/mol. The zero-order chi connectivity index (χ0) is 11.6. The van der Waals surface area contributed by atoms with Crippen LogP contribution in [-0.2, 0) is 4.79 Å². The minimum Gasteiger partial charge on any atom is -0.341 e. The van der Waals surface area contributed by atoms with Crippen molar-refractivity contribution < 1.29 is 13.6 Å². The Morgan fingerprint density at radius 3 is 2.67 bits per heavy atom. The normalized spacial score (nSPS) is 25.1. The van der Waals surface area contributed by atoms with E-state index in [1.807, 2.05) is 0 Å². The number of hydrogen-bond acceptors (Lipinski definition) is 2. The number of amides is 1. The molecule has 1 fully saturated rings. The summed E-state index contributed by atoms with van der Waals surface area (Å²) in [6.07, 6.45) is 1.11. The van der Waals surface area contributed by atoms with Crippen LogP contribution < -0.4 is 5.73 Å². The fraction of sp³-hybridized carbons (Fsp3) is 0.900. The SMILES string of the molecule is CC(N)C(=O)N1CCCC(C(C)(F)F)C1. The van der Waals surface area contributed by atoms with Gasteiger partial charge in [0.05, 0.1) is 6.04 Å². The highest BCUT2D eigenvalue weighted by molar-refractivity contribution is 5.81. The second kappa shape index (κ2) is 4.43. The van der Waals surface area contributed by atoms with Crippen molar-refractivity contribution >= 4 is 5.91 Å². The minimum atomic E-state index is -2.71. The third-order valence-electron chi connectivity index (χ3n) is 2.84. The third-order valence-corrected chi connectivity index (χ3v) is 2.84. The Labute approximate surface area is 88.6 Å². The van der Waals surface area contributed by atoms with E-state index in [4.69, 9.17) is 5.73 Å². The van der Waals surface area contributed by atoms with Crippen LogP contribution in [0.25, 0.3) is 0 Å². The standard InChI is InChI=1S/C10H18F2N2O/c1-7(13)9(15)14-5-3-4-8(6-14)10(2,11)12/h7-8H,3-6,13H2,1-2H3. The Kier molecular flexibility index (Phi) is 3.65. The molecule has 3 nitrogen and oxygen atoms in total. The molecule has 0 saturated carbocycles. The Bertz CT molecular complexity index is 238. The summed E-state index contributed by atoms with van der Waals surface area (Å²) in [5, 5.41) is 0. The van der Waals surface area contributed by atoms with Crippen molar-refractivity contribution in [3.05, 3.63) is 0 Å². The number of hydrogen-bond donors (Lipinski definition) is 1. The lowest BCUT2D eigenvalue weighted by Crippen LogP contribution is -2.49. The molecule has 1 heterocycles. The monoisotopic (exact) mass is 220 g/mol. The molecule has 0 spiro atoms. The van der Waals surface area contributed by atoms with Crippen LogP contribution in [0.4, 0.5) is 8.78 Å². The van der Waals surface area contributed by atoms with Crippen LogP contribution in [0.1, 0.15) is 26.7 Å². The Balaban J connectivity index is 2.60. The second-order valence-corrected chi connectivity index (χ2v) is 4.37. The highest BCUT2D eigenvalue weighted by Gasteiger charge is 2.38. The molecule has 1 aliphatic heterocycles. The first kappa shape index (κ1) is 12.4. The van der Waals surface area contributed by atoms with Gasteiger partial charge >= 0.3 is 0 Å². The van der Waals surface area contributed by atoms with Crippen LogP contribution in [0.3, 0.4) is 0 Å². The van der Waals surface area contributed by atoms with Gasteiger partial charge in [0.25, 0.3) is 0 Å². The Morgan fingerprint density at radius 1 is 1.60 bits per heavy atom. The highest BCUT2D eigenvalue weighted by Crippen LogP contribution is 2.31. The van der Waals surface area contributed by atoms with E-state index in [-0.39, 0.29) is 12.5 Å². The van der Waals surface area contributed by atoms with Crippen molar-refractivity contribution in [1.82, 2.24) is 4.90 Å². The number of piperidine rings is 1. The van der Waals surface area contributed by atoms with E-state index in [0.717, 1.165) is 6.92 Å². The third kappa shape index (κ3) is 3.12. The number of nitrogens with zero attached hydrogens (tertiary/aromatic N) is 1. The van der Waals surface area contributed by atoms with Crippen molar-refractivity contribution in [2.75, 3.05) is 13.1 Å². The summed E-state index contributed by atoms with van der Waals surface area (Å²) in [5.74, 6) is -3.67. The lowest BCUT2D eigenvalue weighted by Gasteiger charge is -2.36. The number of carbonyl (C=O) groups excluding carboxylic acids is 1. The number of halogens is 2. The van der Waals surface area contributed by atoms with Crippen LogP contribution >= 0.6 is 0 Å². The van der Waals surface area contributed by atoms with E-state index in [0.29, 0.717) is 19.4 Å². The van der Waals surface area contributed by atoms with Crippen LogP contribution in [0.15, 0.2) is 0 Å². The van der Waals surface area contributed by atoms with Crippen molar-refractivity contribution in [3.8, 4) is 0 Å². The maximum atomic E-state index is 13.1. The van der Waals surface area contributed by atoms with Gasteiger partial charge < -0.3 is 10.6 Å². The molecule has 2 unspecified atom stereocenters. The zero-order valence-electron chi connectivity index (χ0n) is 9.17. The molecule has 0 aromatic heterocycles. The molecule has 2 N–H and O–H groups in total. The first-order valence-electron chi connectivity index (χ1n) is 5.24. The van der Waals surface area contributed by atoms with E-state index in [1.165, 1.54) is 4.90 Å². The molecule has 0 aromatic carbocycles. The van der Waals surface area contributed by atoms with Gasteiger partial charge in [-0.05, 0) is 26.7 Å². The van der Waals surface area contributed by atoms with E-state index < -0.39 is 17.9 Å². The number of likely N-dealkylation sites (tertiary alicyclic amines) is 1. The maximum absolute atomic E-state index is 13.1. The summed E-state index contributed by atoms with van der Waals surface area (Å²) in [4.78, 5) is 13.0. The second-order valence-electron chi connectivity index (χ2n) is 4.37. The number of rotatable bonds is 2. The average molecular weight is 220 g/mol. The Hall–Kier alpha value is -0.710. The summed E-state index contributed by atoms with van der Waals surface area (Å²) in [6, 6.07) is -0.603. The van der Waals surface area contributed by atoms with E-state index >= 15 is 0 Å². The maximum Gasteiger partial charge on any atom is 0.249 e. The van der Waals surface area contributed by atoms with E-state index in [9.17, 15) is 13.6 Å². The molecule has 1 amide bonds. The smallest absolute Gasteiger partial charge is 0.249 e. The molecule has 1 saturated heterocycles. The van der Waals surface area contributed by atoms with Crippen LogP contribution in [0.2, 0.25) is 0 Å². The Morgan fingerprint density at radius 2 is 2.20 bits per heavy atom. The molecule has 0 aromatic rings. The predicted molar refractivity (Wildman–Crippen MR) is 53.6 cm³/mol. The largest absolute Gasteiger partial charge is 0.341 e. The van der Waals surface area contributed by atoms with Gasteiger partial charge in [0, 0.05) is 19.0 Å². The van der Waals surface area contributed by atoms with Gasteiger partial charge in [0.1, 0.15) is 0 Å². The van der Waals surface area contributed by atoms with Crippen molar-refractivity contribution in [2.24, 2.45) is 11.7 Å². The van der Waals surface area contributed by atoms with Gasteiger partial charge in [-0.3, -0.25) is 4.79 Å². The molecule has 88 valence electrons. The number of alkyl halides is 2. The van der Waals surface area contributed by atoms with Gasteiger partial charge in [0.15, 0.2) is 0 Å². The van der Waals surface area contributed by atoms with E-state index in [2.05, 4.69) is 0 Å². The molecule has 1 rings (SSSR count). The van der Waals surface area contributed by atoms with Crippen molar-refractivity contribution in [2.45, 2.75) is 38.7 Å². The number of carbonyl (C=O) groups is 1. The highest BCUT2D eigenvalue weighted by atomic mass is 19.3. The van der Waals surface area contributed by atoms with Gasteiger partial charge in [-0.2, -0.15) is 0 Å². The molecule has 15 heavy (non-hydrogen) atoms. The quantitative estimate of drug-likeness (QED) is 0.760. The predicted octanol–water partition coefficient (Wildman–Crippen LogP) is 1.23. The van der Waals surface area contributed by atoms with Crippen LogP contribution in [0, 0.1) is 5.92 Å². The molecule has 5 heteroatoms. The minimum absolute atomic E-state index is 0.129. The summed E-state index contributed by atoms with van der Waals surface area (Å²) in [5.41, 5.74) is 5.44. The molecule has 1 aliphatic rings. The van der Waals surface area contributed by atoms with Crippen molar-refractivity contribution in [3.63, 3.8) is 0 Å². The summed E-state index contributed by atoms with van der Waals surface area (Å²) >= 11 is 0.